The highest BCUT2D eigenvalue weighted by molar-refractivity contribution is 4.85. The second kappa shape index (κ2) is 14.6. The lowest BCUT2D eigenvalue weighted by atomic mass is 9.74. The summed E-state index contributed by atoms with van der Waals surface area (Å²) in [5, 5.41) is 0. The first kappa shape index (κ1) is 28.8. The van der Waals surface area contributed by atoms with Crippen LogP contribution in [0, 0.1) is 23.7 Å². The number of nitrogens with zero attached hydrogens (tertiary/aromatic N) is 2. The first-order valence-electron chi connectivity index (χ1n) is 10.1. The van der Waals surface area contributed by atoms with Gasteiger partial charge in [0.2, 0.25) is 6.43 Å². The second-order valence-corrected chi connectivity index (χ2v) is 7.53. The molecule has 0 N–H and O–H groups in total. The number of halogens is 5. The molecule has 0 unspecified atom stereocenters. The smallest absolute Gasteiger partial charge is 0.309 e. The molecule has 0 spiro atoms. The van der Waals surface area contributed by atoms with Gasteiger partial charge in [0.15, 0.2) is 0 Å². The van der Waals surface area contributed by atoms with Crippen LogP contribution in [0.5, 0.6) is 0 Å². The molecule has 7 heteroatoms. The van der Waals surface area contributed by atoms with Crippen LogP contribution in [0.4, 0.5) is 22.0 Å². The number of alkyl halides is 5. The second-order valence-electron chi connectivity index (χ2n) is 7.53. The van der Waals surface area contributed by atoms with Crippen LogP contribution in [0.25, 0.3) is 0 Å². The zero-order valence-corrected chi connectivity index (χ0v) is 18.4. The van der Waals surface area contributed by atoms with Crippen molar-refractivity contribution in [1.82, 2.24) is 9.80 Å². The molecule has 2 saturated carbocycles. The summed E-state index contributed by atoms with van der Waals surface area (Å²) in [5.74, 6) is -0.557. The minimum absolute atomic E-state index is 0.256. The van der Waals surface area contributed by atoms with Crippen LogP contribution in [0.1, 0.15) is 53.4 Å². The molecular weight excluding hydrogens is 363 g/mol. The molecule has 0 heterocycles. The Balaban J connectivity index is 0. The van der Waals surface area contributed by atoms with Gasteiger partial charge in [0.1, 0.15) is 0 Å². The molecule has 0 aliphatic heterocycles. The lowest BCUT2D eigenvalue weighted by molar-refractivity contribution is -0.205. The van der Waals surface area contributed by atoms with Crippen LogP contribution < -0.4 is 0 Å². The molecule has 2 fully saturated rings. The molecular formula is C20H41F5N2. The van der Waals surface area contributed by atoms with Gasteiger partial charge < -0.3 is 9.80 Å². The molecule has 0 aromatic carbocycles. The van der Waals surface area contributed by atoms with E-state index >= 15 is 0 Å². The van der Waals surface area contributed by atoms with Gasteiger partial charge in [0.25, 0.3) is 0 Å². The Hall–Kier alpha value is -0.430. The van der Waals surface area contributed by atoms with Crippen molar-refractivity contribution in [2.75, 3.05) is 41.3 Å². The first-order valence-corrected chi connectivity index (χ1v) is 10.1. The molecule has 0 aromatic heterocycles. The van der Waals surface area contributed by atoms with Gasteiger partial charge in [-0.25, -0.2) is 8.78 Å². The predicted octanol–water partition coefficient (Wildman–Crippen LogP) is 6.03. The van der Waals surface area contributed by atoms with Crippen molar-refractivity contribution in [2.45, 2.75) is 66.0 Å². The quantitative estimate of drug-likeness (QED) is 0.516. The van der Waals surface area contributed by atoms with E-state index in [0.717, 1.165) is 25.9 Å². The van der Waals surface area contributed by atoms with Gasteiger partial charge in [-0.1, -0.05) is 27.7 Å². The van der Waals surface area contributed by atoms with Crippen molar-refractivity contribution in [1.29, 1.82) is 0 Å². The van der Waals surface area contributed by atoms with Crippen molar-refractivity contribution in [3.63, 3.8) is 0 Å². The fraction of sp³-hybridized carbons (Fsp3) is 1.00. The van der Waals surface area contributed by atoms with E-state index in [4.69, 9.17) is 0 Å². The Morgan fingerprint density at radius 1 is 0.741 bits per heavy atom. The zero-order chi connectivity index (χ0) is 21.8. The van der Waals surface area contributed by atoms with Crippen LogP contribution in [0.2, 0.25) is 0 Å². The van der Waals surface area contributed by atoms with Crippen molar-refractivity contribution >= 4 is 0 Å². The van der Waals surface area contributed by atoms with Crippen LogP contribution in [0.15, 0.2) is 0 Å². The maximum atomic E-state index is 12.0. The predicted molar refractivity (Wildman–Crippen MR) is 104 cm³/mol. The van der Waals surface area contributed by atoms with E-state index in [1.807, 2.05) is 60.8 Å². The van der Waals surface area contributed by atoms with E-state index in [1.54, 1.807) is 0 Å². The summed E-state index contributed by atoms with van der Waals surface area (Å²) in [6.07, 6.45) is -3.97. The van der Waals surface area contributed by atoms with Crippen molar-refractivity contribution in [2.24, 2.45) is 23.7 Å². The fourth-order valence-corrected chi connectivity index (χ4v) is 3.33. The Labute approximate surface area is 163 Å². The van der Waals surface area contributed by atoms with Gasteiger partial charge in [-0.05, 0) is 65.7 Å². The number of hydrogen-bond donors (Lipinski definition) is 0. The minimum atomic E-state index is -3.96. The Morgan fingerprint density at radius 3 is 1.33 bits per heavy atom. The summed E-state index contributed by atoms with van der Waals surface area (Å²) in [4.78, 5) is 4.00. The van der Waals surface area contributed by atoms with Crippen molar-refractivity contribution in [3.8, 4) is 0 Å². The maximum Gasteiger partial charge on any atom is 0.391 e. The molecule has 0 amide bonds. The van der Waals surface area contributed by atoms with Gasteiger partial charge in [-0.2, -0.15) is 13.2 Å². The summed E-state index contributed by atoms with van der Waals surface area (Å²) in [6.45, 7) is 9.75. The normalized spacial score (nSPS) is 26.7. The zero-order valence-electron chi connectivity index (χ0n) is 18.4. The molecule has 2 rings (SSSR count). The highest BCUT2D eigenvalue weighted by Crippen LogP contribution is 2.44. The summed E-state index contributed by atoms with van der Waals surface area (Å²) in [7, 11) is 7.74. The number of rotatable bonds is 5. The SMILES string of the molecule is CC.CC.CN(C)CC1CC(C(F)(F)F)C1.CN(C)CC1CC(C(F)F)C1. The topological polar surface area (TPSA) is 6.48 Å². The molecule has 166 valence electrons. The molecule has 0 radical (unpaired) electrons. The Morgan fingerprint density at radius 2 is 1.07 bits per heavy atom. The van der Waals surface area contributed by atoms with E-state index in [1.165, 1.54) is 0 Å². The molecule has 0 atom stereocenters. The molecule has 27 heavy (non-hydrogen) atoms. The van der Waals surface area contributed by atoms with Gasteiger partial charge in [0, 0.05) is 19.0 Å². The van der Waals surface area contributed by atoms with E-state index in [-0.39, 0.29) is 11.8 Å². The van der Waals surface area contributed by atoms with E-state index in [0.29, 0.717) is 18.8 Å². The molecule has 2 aliphatic rings. The molecule has 2 aliphatic carbocycles. The van der Waals surface area contributed by atoms with E-state index in [9.17, 15) is 22.0 Å². The largest absolute Gasteiger partial charge is 0.391 e. The highest BCUT2D eigenvalue weighted by atomic mass is 19.4. The lowest BCUT2D eigenvalue weighted by Gasteiger charge is -2.37. The van der Waals surface area contributed by atoms with Crippen molar-refractivity contribution in [3.05, 3.63) is 0 Å². The van der Waals surface area contributed by atoms with Crippen LogP contribution in [-0.2, 0) is 0 Å². The molecule has 0 aromatic rings. The van der Waals surface area contributed by atoms with Crippen molar-refractivity contribution < 1.29 is 22.0 Å². The summed E-state index contributed by atoms with van der Waals surface area (Å²) in [6, 6.07) is 0. The Bertz CT molecular complexity index is 334. The lowest BCUT2D eigenvalue weighted by Crippen LogP contribution is -2.39. The van der Waals surface area contributed by atoms with Gasteiger partial charge in [-0.3, -0.25) is 0 Å². The van der Waals surface area contributed by atoms with Gasteiger partial charge in [0.05, 0.1) is 5.92 Å². The van der Waals surface area contributed by atoms with Crippen LogP contribution in [0.3, 0.4) is 0 Å². The monoisotopic (exact) mass is 404 g/mol. The number of hydrogen-bond acceptors (Lipinski definition) is 2. The molecule has 2 nitrogen and oxygen atoms in total. The van der Waals surface area contributed by atoms with Gasteiger partial charge in [-0.15, -0.1) is 0 Å². The average Bonchev–Trinajstić information content (AvgIpc) is 2.48. The summed E-state index contributed by atoms with van der Waals surface area (Å²) in [5.41, 5.74) is 0. The first-order chi connectivity index (χ1) is 12.5. The average molecular weight is 405 g/mol. The summed E-state index contributed by atoms with van der Waals surface area (Å²) >= 11 is 0. The minimum Gasteiger partial charge on any atom is -0.309 e. The summed E-state index contributed by atoms with van der Waals surface area (Å²) < 4.78 is 59.9. The standard InChI is InChI=1S/C8H14F3N.C8H15F2N.2C2H6/c1-12(2)5-6-3-7(4-6)8(9,10)11;1-11(2)5-6-3-7(4-6)8(9)10;2*1-2/h6-7H,3-5H2,1-2H3;6-8H,3-5H2,1-2H3;2*1-2H3. The van der Waals surface area contributed by atoms with E-state index < -0.39 is 18.5 Å². The van der Waals surface area contributed by atoms with Crippen LogP contribution >= 0.6 is 0 Å². The van der Waals surface area contributed by atoms with E-state index in [2.05, 4.69) is 4.90 Å². The van der Waals surface area contributed by atoms with Gasteiger partial charge >= 0.3 is 6.18 Å². The highest BCUT2D eigenvalue weighted by Gasteiger charge is 2.47. The Kier molecular flexibility index (Phi) is 15.5. The molecule has 0 saturated heterocycles. The third-order valence-corrected chi connectivity index (χ3v) is 4.57. The third kappa shape index (κ3) is 12.6. The molecule has 0 bridgehead atoms. The fourth-order valence-electron chi connectivity index (χ4n) is 3.33. The van der Waals surface area contributed by atoms with Crippen LogP contribution in [-0.4, -0.2) is 63.7 Å². The maximum absolute atomic E-state index is 12.0. The third-order valence-electron chi connectivity index (χ3n) is 4.57.